The number of alkyl halides is 3. The second kappa shape index (κ2) is 7.08. The average molecular weight is 391 g/mol. The van der Waals surface area contributed by atoms with Gasteiger partial charge in [-0.2, -0.15) is 13.2 Å². The second-order valence-electron chi connectivity index (χ2n) is 6.82. The predicted octanol–water partition coefficient (Wildman–Crippen LogP) is 1.48. The van der Waals surface area contributed by atoms with Crippen LogP contribution in [0, 0.1) is 0 Å². The largest absolute Gasteiger partial charge is 0.472 e. The molecule has 2 rings (SSSR count). The van der Waals surface area contributed by atoms with Crippen LogP contribution in [-0.4, -0.2) is 44.1 Å². The quantitative estimate of drug-likeness (QED) is 0.743. The number of hydrogen-bond acceptors (Lipinski definition) is 5. The summed E-state index contributed by atoms with van der Waals surface area (Å²) in [5.41, 5.74) is 3.33. The first-order valence-electron chi connectivity index (χ1n) is 8.07. The fraction of sp³-hybridized carbons (Fsp3) is 0.600. The topological polar surface area (TPSA) is 106 Å². The molecule has 1 aromatic rings. The van der Waals surface area contributed by atoms with Gasteiger partial charge in [-0.3, -0.25) is 25.3 Å². The lowest BCUT2D eigenvalue weighted by molar-refractivity contribution is -0.174. The molecule has 0 saturated heterocycles. The highest BCUT2D eigenvalue weighted by Crippen LogP contribution is 2.25. The fourth-order valence-electron chi connectivity index (χ4n) is 2.47. The standard InChI is InChI=1S/C15H20F3N5O4/c1-5-23-9-7-22(13(26)27-14(2,3)4)6-8(9)19-10(23)11(24)20-21-12(25)15(16,17)18/h5-7H2,1-4H3,(H,20,24)(H,21,25). The summed E-state index contributed by atoms with van der Waals surface area (Å²) >= 11 is 0. The molecule has 1 aliphatic rings. The average Bonchev–Trinajstić information content (AvgIpc) is 3.06. The third-order valence-electron chi connectivity index (χ3n) is 3.55. The number of imidazole rings is 1. The van der Waals surface area contributed by atoms with Gasteiger partial charge in [0.05, 0.1) is 24.5 Å². The molecule has 27 heavy (non-hydrogen) atoms. The zero-order chi connectivity index (χ0) is 20.6. The maximum Gasteiger partial charge on any atom is 0.472 e. The zero-order valence-corrected chi connectivity index (χ0v) is 15.2. The smallest absolute Gasteiger partial charge is 0.444 e. The molecule has 150 valence electrons. The number of aromatic nitrogens is 2. The molecule has 12 heteroatoms. The van der Waals surface area contributed by atoms with Crippen molar-refractivity contribution < 1.29 is 32.3 Å². The van der Waals surface area contributed by atoms with Crippen molar-refractivity contribution in [2.75, 3.05) is 0 Å². The number of rotatable bonds is 2. The van der Waals surface area contributed by atoms with E-state index in [0.29, 0.717) is 17.9 Å². The first-order valence-corrected chi connectivity index (χ1v) is 8.07. The number of nitrogens with one attached hydrogen (secondary N) is 2. The molecule has 0 saturated carbocycles. The third kappa shape index (κ3) is 4.68. The van der Waals surface area contributed by atoms with E-state index in [1.165, 1.54) is 14.9 Å². The molecule has 0 spiro atoms. The molecule has 0 unspecified atom stereocenters. The van der Waals surface area contributed by atoms with Gasteiger partial charge in [0.1, 0.15) is 5.60 Å². The Bertz CT molecular complexity index is 767. The molecule has 0 aliphatic carbocycles. The van der Waals surface area contributed by atoms with Crippen LogP contribution in [0.4, 0.5) is 18.0 Å². The number of nitrogens with zero attached hydrogens (tertiary/aromatic N) is 3. The Morgan fingerprint density at radius 1 is 1.15 bits per heavy atom. The van der Waals surface area contributed by atoms with Crippen LogP contribution in [0.1, 0.15) is 49.7 Å². The van der Waals surface area contributed by atoms with Gasteiger partial charge in [0, 0.05) is 6.54 Å². The molecule has 0 radical (unpaired) electrons. The van der Waals surface area contributed by atoms with Crippen LogP contribution in [0.5, 0.6) is 0 Å². The number of hydrogen-bond donors (Lipinski definition) is 2. The Balaban J connectivity index is 2.10. The lowest BCUT2D eigenvalue weighted by Gasteiger charge is -2.24. The minimum atomic E-state index is -5.12. The van der Waals surface area contributed by atoms with Crippen molar-refractivity contribution in [2.45, 2.75) is 59.1 Å². The number of amides is 3. The summed E-state index contributed by atoms with van der Waals surface area (Å²) < 4.78 is 43.3. The summed E-state index contributed by atoms with van der Waals surface area (Å²) in [6.45, 7) is 7.45. The summed E-state index contributed by atoms with van der Waals surface area (Å²) in [5.74, 6) is -3.45. The van der Waals surface area contributed by atoms with Crippen LogP contribution in [0.3, 0.4) is 0 Å². The van der Waals surface area contributed by atoms with Gasteiger partial charge in [-0.25, -0.2) is 9.78 Å². The summed E-state index contributed by atoms with van der Waals surface area (Å²) in [6.07, 6.45) is -5.66. The Labute approximate surface area is 152 Å². The van der Waals surface area contributed by atoms with E-state index < -0.39 is 29.7 Å². The number of fused-ring (bicyclic) bond motifs is 1. The van der Waals surface area contributed by atoms with E-state index >= 15 is 0 Å². The molecular formula is C15H20F3N5O4. The molecule has 1 aliphatic heterocycles. The highest BCUT2D eigenvalue weighted by atomic mass is 19.4. The Morgan fingerprint density at radius 3 is 2.30 bits per heavy atom. The molecule has 2 N–H and O–H groups in total. The van der Waals surface area contributed by atoms with Crippen molar-refractivity contribution >= 4 is 17.9 Å². The van der Waals surface area contributed by atoms with Gasteiger partial charge < -0.3 is 9.30 Å². The first kappa shape index (κ1) is 20.5. The van der Waals surface area contributed by atoms with E-state index in [0.717, 1.165) is 0 Å². The Hall–Kier alpha value is -2.79. The molecule has 9 nitrogen and oxygen atoms in total. The maximum absolute atomic E-state index is 12.2. The van der Waals surface area contributed by atoms with E-state index in [1.807, 2.05) is 0 Å². The van der Waals surface area contributed by atoms with Crippen LogP contribution >= 0.6 is 0 Å². The van der Waals surface area contributed by atoms with Crippen molar-refractivity contribution in [1.29, 1.82) is 0 Å². The van der Waals surface area contributed by atoms with Crippen LogP contribution in [0.25, 0.3) is 0 Å². The van der Waals surface area contributed by atoms with Gasteiger partial charge >= 0.3 is 24.1 Å². The van der Waals surface area contributed by atoms with Gasteiger partial charge in [-0.15, -0.1) is 0 Å². The van der Waals surface area contributed by atoms with Gasteiger partial charge in [0.25, 0.3) is 0 Å². The van der Waals surface area contributed by atoms with Crippen molar-refractivity contribution in [3.05, 3.63) is 17.2 Å². The number of halogens is 3. The van der Waals surface area contributed by atoms with E-state index in [1.54, 1.807) is 33.1 Å². The third-order valence-corrected chi connectivity index (χ3v) is 3.55. The van der Waals surface area contributed by atoms with Gasteiger partial charge in [0.2, 0.25) is 5.82 Å². The number of carbonyl (C=O) groups excluding carboxylic acids is 3. The molecule has 0 fully saturated rings. The van der Waals surface area contributed by atoms with Crippen LogP contribution in [-0.2, 0) is 29.2 Å². The van der Waals surface area contributed by atoms with Gasteiger partial charge in [-0.05, 0) is 27.7 Å². The summed E-state index contributed by atoms with van der Waals surface area (Å²) in [5, 5.41) is 0. The lowest BCUT2D eigenvalue weighted by Crippen LogP contribution is -2.48. The molecule has 0 bridgehead atoms. The molecule has 2 heterocycles. The van der Waals surface area contributed by atoms with Crippen molar-refractivity contribution in [1.82, 2.24) is 25.3 Å². The van der Waals surface area contributed by atoms with E-state index in [-0.39, 0.29) is 18.9 Å². The predicted molar refractivity (Wildman–Crippen MR) is 85.0 cm³/mol. The molecule has 0 aromatic carbocycles. The number of hydrazine groups is 1. The molecule has 3 amide bonds. The summed E-state index contributed by atoms with van der Waals surface area (Å²) in [7, 11) is 0. The minimum Gasteiger partial charge on any atom is -0.444 e. The monoisotopic (exact) mass is 391 g/mol. The Morgan fingerprint density at radius 2 is 1.78 bits per heavy atom. The van der Waals surface area contributed by atoms with Crippen LogP contribution in [0.15, 0.2) is 0 Å². The zero-order valence-electron chi connectivity index (χ0n) is 15.2. The normalized spacial score (nSPS) is 14.0. The van der Waals surface area contributed by atoms with Gasteiger partial charge in [0.15, 0.2) is 0 Å². The van der Waals surface area contributed by atoms with Crippen molar-refractivity contribution in [3.63, 3.8) is 0 Å². The van der Waals surface area contributed by atoms with E-state index in [4.69, 9.17) is 4.74 Å². The van der Waals surface area contributed by atoms with Crippen LogP contribution in [0.2, 0.25) is 0 Å². The van der Waals surface area contributed by atoms with E-state index in [9.17, 15) is 27.6 Å². The Kier molecular flexibility index (Phi) is 5.38. The number of ether oxygens (including phenoxy) is 1. The lowest BCUT2D eigenvalue weighted by atomic mass is 10.2. The van der Waals surface area contributed by atoms with Crippen LogP contribution < -0.4 is 10.9 Å². The van der Waals surface area contributed by atoms with Gasteiger partial charge in [-0.1, -0.05) is 0 Å². The van der Waals surface area contributed by atoms with Crippen molar-refractivity contribution in [2.24, 2.45) is 0 Å². The second-order valence-corrected chi connectivity index (χ2v) is 6.82. The van der Waals surface area contributed by atoms with E-state index in [2.05, 4.69) is 4.98 Å². The van der Waals surface area contributed by atoms with Crippen molar-refractivity contribution in [3.8, 4) is 0 Å². The maximum atomic E-state index is 12.2. The SMILES string of the molecule is CCn1c(C(=O)NNC(=O)C(F)(F)F)nc2c1CN(C(=O)OC(C)(C)C)C2. The highest BCUT2D eigenvalue weighted by molar-refractivity contribution is 5.93. The number of carbonyl (C=O) groups is 3. The summed E-state index contributed by atoms with van der Waals surface area (Å²) in [6, 6.07) is 0. The molecular weight excluding hydrogens is 371 g/mol. The molecule has 0 atom stereocenters. The fourth-order valence-corrected chi connectivity index (χ4v) is 2.47. The first-order chi connectivity index (χ1) is 12.3. The summed E-state index contributed by atoms with van der Waals surface area (Å²) in [4.78, 5) is 40.5. The minimum absolute atomic E-state index is 0.104. The highest BCUT2D eigenvalue weighted by Gasteiger charge is 2.39. The molecule has 1 aromatic heterocycles.